The van der Waals surface area contributed by atoms with E-state index in [0.717, 1.165) is 0 Å². The minimum atomic E-state index is -1.23. The molecule has 1 saturated heterocycles. The lowest BCUT2D eigenvalue weighted by Crippen LogP contribution is -2.48. The lowest BCUT2D eigenvalue weighted by Gasteiger charge is -2.32. The van der Waals surface area contributed by atoms with Crippen molar-refractivity contribution in [3.63, 3.8) is 0 Å². The summed E-state index contributed by atoms with van der Waals surface area (Å²) >= 11 is 0. The molecule has 4 nitrogen and oxygen atoms in total. The number of rotatable bonds is 0. The van der Waals surface area contributed by atoms with Gasteiger partial charge in [-0.05, 0) is 0 Å². The maximum atomic E-state index is 9.13. The van der Waals surface area contributed by atoms with Crippen LogP contribution in [0.25, 0.3) is 0 Å². The van der Waals surface area contributed by atoms with Crippen molar-refractivity contribution in [2.75, 3.05) is 6.61 Å². The summed E-state index contributed by atoms with van der Waals surface area (Å²) in [5, 5.41) is 27.0. The molecule has 60 valence electrons. The van der Waals surface area contributed by atoms with Crippen LogP contribution in [0.2, 0.25) is 0 Å². The van der Waals surface area contributed by atoms with Gasteiger partial charge in [-0.3, -0.25) is 0 Å². The third kappa shape index (κ3) is 1.29. The Balaban J connectivity index is 2.52. The van der Waals surface area contributed by atoms with Gasteiger partial charge in [-0.25, -0.2) is 0 Å². The van der Waals surface area contributed by atoms with Crippen LogP contribution < -0.4 is 0 Å². The molecule has 0 spiro atoms. The van der Waals surface area contributed by atoms with Gasteiger partial charge in [-0.15, -0.1) is 0 Å². The number of ether oxygens (including phenoxy) is 1. The van der Waals surface area contributed by atoms with Crippen molar-refractivity contribution >= 4 is 0 Å². The summed E-state index contributed by atoms with van der Waals surface area (Å²) in [5.74, 6) is -0.113. The predicted molar refractivity (Wildman–Crippen MR) is 33.1 cm³/mol. The molecule has 0 amide bonds. The SMILES string of the molecule is C[C@H]1COC(O)[C@H](O)[C@@H]1O. The maximum absolute atomic E-state index is 9.13. The second-order valence-electron chi connectivity index (χ2n) is 2.68. The second-order valence-corrected chi connectivity index (χ2v) is 2.68. The molecule has 4 heteroatoms. The van der Waals surface area contributed by atoms with Gasteiger partial charge in [0, 0.05) is 5.92 Å². The quantitative estimate of drug-likeness (QED) is 0.399. The summed E-state index contributed by atoms with van der Waals surface area (Å²) < 4.78 is 4.72. The highest BCUT2D eigenvalue weighted by Gasteiger charge is 2.34. The lowest BCUT2D eigenvalue weighted by molar-refractivity contribution is -0.236. The Kier molecular flexibility index (Phi) is 2.25. The Hall–Kier alpha value is -0.160. The summed E-state index contributed by atoms with van der Waals surface area (Å²) in [6.07, 6.45) is -3.27. The Bertz CT molecular complexity index is 102. The molecule has 10 heavy (non-hydrogen) atoms. The van der Waals surface area contributed by atoms with Crippen molar-refractivity contribution in [1.29, 1.82) is 0 Å². The van der Waals surface area contributed by atoms with Crippen molar-refractivity contribution < 1.29 is 20.1 Å². The average Bonchev–Trinajstić information content (AvgIpc) is 1.93. The number of aliphatic hydroxyl groups is 3. The Morgan fingerprint density at radius 1 is 1.20 bits per heavy atom. The number of aliphatic hydroxyl groups excluding tert-OH is 3. The van der Waals surface area contributed by atoms with Crippen molar-refractivity contribution in [3.05, 3.63) is 0 Å². The van der Waals surface area contributed by atoms with Gasteiger partial charge in [-0.1, -0.05) is 6.92 Å². The first-order chi connectivity index (χ1) is 4.63. The van der Waals surface area contributed by atoms with E-state index in [1.54, 1.807) is 6.92 Å². The Labute approximate surface area is 59.1 Å². The van der Waals surface area contributed by atoms with Gasteiger partial charge in [-0.2, -0.15) is 0 Å². The van der Waals surface area contributed by atoms with E-state index >= 15 is 0 Å². The van der Waals surface area contributed by atoms with Gasteiger partial charge in [0.2, 0.25) is 0 Å². The molecular formula is C6H12O4. The molecule has 0 bridgehead atoms. The summed E-state index contributed by atoms with van der Waals surface area (Å²) in [4.78, 5) is 0. The van der Waals surface area contributed by atoms with Crippen LogP contribution in [0.5, 0.6) is 0 Å². The second kappa shape index (κ2) is 2.84. The van der Waals surface area contributed by atoms with Crippen LogP contribution in [-0.4, -0.2) is 40.4 Å². The Morgan fingerprint density at radius 3 is 2.30 bits per heavy atom. The largest absolute Gasteiger partial charge is 0.390 e. The van der Waals surface area contributed by atoms with E-state index in [1.807, 2.05) is 0 Å². The fourth-order valence-electron chi connectivity index (χ4n) is 0.953. The number of hydrogen-bond acceptors (Lipinski definition) is 4. The monoisotopic (exact) mass is 148 g/mol. The van der Waals surface area contributed by atoms with Crippen LogP contribution in [-0.2, 0) is 4.74 Å². The lowest BCUT2D eigenvalue weighted by atomic mass is 9.98. The topological polar surface area (TPSA) is 69.9 Å². The molecule has 4 atom stereocenters. The van der Waals surface area contributed by atoms with Gasteiger partial charge >= 0.3 is 0 Å². The zero-order valence-corrected chi connectivity index (χ0v) is 5.77. The first-order valence-corrected chi connectivity index (χ1v) is 3.28. The van der Waals surface area contributed by atoms with Gasteiger partial charge in [0.1, 0.15) is 6.10 Å². The van der Waals surface area contributed by atoms with E-state index in [2.05, 4.69) is 0 Å². The normalized spacial score (nSPS) is 49.2. The van der Waals surface area contributed by atoms with Crippen molar-refractivity contribution in [2.24, 2.45) is 5.92 Å². The summed E-state index contributed by atoms with van der Waals surface area (Å²) in [5.41, 5.74) is 0. The van der Waals surface area contributed by atoms with Crippen molar-refractivity contribution in [1.82, 2.24) is 0 Å². The van der Waals surface area contributed by atoms with E-state index in [9.17, 15) is 0 Å². The summed E-state index contributed by atoms with van der Waals surface area (Å²) in [7, 11) is 0. The van der Waals surface area contributed by atoms with Gasteiger partial charge in [0.05, 0.1) is 12.7 Å². The van der Waals surface area contributed by atoms with E-state index in [0.29, 0.717) is 6.61 Å². The molecule has 1 heterocycles. The smallest absolute Gasteiger partial charge is 0.183 e. The van der Waals surface area contributed by atoms with Gasteiger partial charge < -0.3 is 20.1 Å². The van der Waals surface area contributed by atoms with E-state index in [1.165, 1.54) is 0 Å². The fourth-order valence-corrected chi connectivity index (χ4v) is 0.953. The molecule has 1 fully saturated rings. The molecule has 0 aromatic heterocycles. The third-order valence-corrected chi connectivity index (χ3v) is 1.75. The van der Waals surface area contributed by atoms with Crippen molar-refractivity contribution in [2.45, 2.75) is 25.4 Å². The van der Waals surface area contributed by atoms with Crippen LogP contribution in [0, 0.1) is 5.92 Å². The molecule has 0 saturated carbocycles. The average molecular weight is 148 g/mol. The highest BCUT2D eigenvalue weighted by Crippen LogP contribution is 2.17. The fraction of sp³-hybridized carbons (Fsp3) is 1.00. The maximum Gasteiger partial charge on any atom is 0.183 e. The Morgan fingerprint density at radius 2 is 1.80 bits per heavy atom. The molecule has 1 rings (SSSR count). The molecule has 0 aliphatic carbocycles. The molecule has 1 unspecified atom stereocenters. The highest BCUT2D eigenvalue weighted by molar-refractivity contribution is 4.79. The van der Waals surface area contributed by atoms with Crippen molar-refractivity contribution in [3.8, 4) is 0 Å². The molecule has 1 aliphatic heterocycles. The first-order valence-electron chi connectivity index (χ1n) is 3.28. The predicted octanol–water partition coefficient (Wildman–Crippen LogP) is -1.31. The first kappa shape index (κ1) is 7.94. The van der Waals surface area contributed by atoms with E-state index in [-0.39, 0.29) is 5.92 Å². The minimum absolute atomic E-state index is 0.113. The van der Waals surface area contributed by atoms with Gasteiger partial charge in [0.25, 0.3) is 0 Å². The van der Waals surface area contributed by atoms with Crippen LogP contribution in [0.3, 0.4) is 0 Å². The molecule has 3 N–H and O–H groups in total. The van der Waals surface area contributed by atoms with Crippen LogP contribution in [0.4, 0.5) is 0 Å². The van der Waals surface area contributed by atoms with Gasteiger partial charge in [0.15, 0.2) is 6.29 Å². The highest BCUT2D eigenvalue weighted by atomic mass is 16.6. The zero-order valence-electron chi connectivity index (χ0n) is 5.77. The van der Waals surface area contributed by atoms with Crippen LogP contribution >= 0.6 is 0 Å². The summed E-state index contributed by atoms with van der Waals surface area (Å²) in [6, 6.07) is 0. The molecular weight excluding hydrogens is 136 g/mol. The van der Waals surface area contributed by atoms with E-state index < -0.39 is 18.5 Å². The standard InChI is InChI=1S/C6H12O4/c1-3-2-10-6(9)5(8)4(3)7/h3-9H,2H2,1H3/t3-,4+,5+,6?/m0/s1. The minimum Gasteiger partial charge on any atom is -0.390 e. The molecule has 0 radical (unpaired) electrons. The zero-order chi connectivity index (χ0) is 7.72. The number of hydrogen-bond donors (Lipinski definition) is 3. The van der Waals surface area contributed by atoms with E-state index in [4.69, 9.17) is 20.1 Å². The molecule has 0 aromatic rings. The van der Waals surface area contributed by atoms with Crippen LogP contribution in [0.15, 0.2) is 0 Å². The van der Waals surface area contributed by atoms with Crippen LogP contribution in [0.1, 0.15) is 6.92 Å². The third-order valence-electron chi connectivity index (χ3n) is 1.75. The molecule has 0 aromatic carbocycles. The molecule has 1 aliphatic rings. The summed E-state index contributed by atoms with van der Waals surface area (Å²) in [6.45, 7) is 2.04.